The van der Waals surface area contributed by atoms with Crippen LogP contribution in [0.3, 0.4) is 0 Å². The number of hydrogen-bond donors (Lipinski definition) is 1. The number of aryl methyl sites for hydroxylation is 1. The molecule has 3 rings (SSSR count). The Morgan fingerprint density at radius 1 is 1.12 bits per heavy atom. The smallest absolute Gasteiger partial charge is 0.227 e. The van der Waals surface area contributed by atoms with Crippen molar-refractivity contribution in [1.29, 1.82) is 0 Å². The van der Waals surface area contributed by atoms with Gasteiger partial charge in [0.2, 0.25) is 17.6 Å². The summed E-state index contributed by atoms with van der Waals surface area (Å²) in [5.41, 5.74) is 1.32. The van der Waals surface area contributed by atoms with E-state index >= 15 is 0 Å². The van der Waals surface area contributed by atoms with Crippen LogP contribution in [-0.4, -0.2) is 16.0 Å². The maximum absolute atomic E-state index is 12.8. The maximum atomic E-state index is 12.8. The number of amides is 1. The minimum absolute atomic E-state index is 0.180. The molecule has 0 radical (unpaired) electrons. The van der Waals surface area contributed by atoms with Crippen molar-refractivity contribution in [2.24, 2.45) is 0 Å². The first-order valence-corrected chi connectivity index (χ1v) is 7.62. The molecular formula is C17H13ClFN3O2. The van der Waals surface area contributed by atoms with Gasteiger partial charge in [-0.2, -0.15) is 4.98 Å². The molecule has 122 valence electrons. The predicted octanol–water partition coefficient (Wildman–Crippen LogP) is 4.10. The molecular weight excluding hydrogens is 333 g/mol. The van der Waals surface area contributed by atoms with Crippen molar-refractivity contribution in [3.8, 4) is 11.4 Å². The quantitative estimate of drug-likeness (QED) is 0.756. The molecule has 1 aromatic heterocycles. The minimum Gasteiger partial charge on any atom is -0.339 e. The highest BCUT2D eigenvalue weighted by Gasteiger charge is 2.11. The van der Waals surface area contributed by atoms with E-state index in [1.807, 2.05) is 0 Å². The number of nitrogens with one attached hydrogen (secondary N) is 1. The highest BCUT2D eigenvalue weighted by Crippen LogP contribution is 2.19. The Kier molecular flexibility index (Phi) is 4.86. The average molecular weight is 346 g/mol. The van der Waals surface area contributed by atoms with Gasteiger partial charge in [0.25, 0.3) is 0 Å². The molecule has 24 heavy (non-hydrogen) atoms. The third-order valence-electron chi connectivity index (χ3n) is 3.26. The largest absolute Gasteiger partial charge is 0.339 e. The Hall–Kier alpha value is -2.73. The van der Waals surface area contributed by atoms with Gasteiger partial charge in [-0.05, 0) is 48.5 Å². The van der Waals surface area contributed by atoms with Crippen LogP contribution in [0.5, 0.6) is 0 Å². The van der Waals surface area contributed by atoms with Gasteiger partial charge in [0, 0.05) is 29.1 Å². The Balaban J connectivity index is 1.56. The highest BCUT2D eigenvalue weighted by molar-refractivity contribution is 6.30. The van der Waals surface area contributed by atoms with E-state index in [4.69, 9.17) is 16.1 Å². The Morgan fingerprint density at radius 3 is 2.54 bits per heavy atom. The third-order valence-corrected chi connectivity index (χ3v) is 3.52. The van der Waals surface area contributed by atoms with E-state index in [0.717, 1.165) is 5.56 Å². The summed E-state index contributed by atoms with van der Waals surface area (Å²) in [5, 5.41) is 7.18. The van der Waals surface area contributed by atoms with Gasteiger partial charge >= 0.3 is 0 Å². The Morgan fingerprint density at radius 2 is 1.83 bits per heavy atom. The van der Waals surface area contributed by atoms with E-state index in [9.17, 15) is 9.18 Å². The number of hydrogen-bond acceptors (Lipinski definition) is 4. The molecule has 7 heteroatoms. The molecule has 0 bridgehead atoms. The fourth-order valence-corrected chi connectivity index (χ4v) is 2.18. The second-order valence-corrected chi connectivity index (χ2v) is 5.51. The van der Waals surface area contributed by atoms with E-state index in [2.05, 4.69) is 15.5 Å². The summed E-state index contributed by atoms with van der Waals surface area (Å²) in [6.45, 7) is 0. The summed E-state index contributed by atoms with van der Waals surface area (Å²) in [6, 6.07) is 12.6. The zero-order valence-corrected chi connectivity index (χ0v) is 13.3. The lowest BCUT2D eigenvalue weighted by Gasteiger charge is -2.03. The van der Waals surface area contributed by atoms with E-state index in [1.165, 1.54) is 24.3 Å². The number of benzene rings is 2. The van der Waals surface area contributed by atoms with Crippen LogP contribution in [0.4, 0.5) is 10.1 Å². The van der Waals surface area contributed by atoms with Gasteiger partial charge in [0.15, 0.2) is 0 Å². The average Bonchev–Trinajstić information content (AvgIpc) is 3.05. The van der Waals surface area contributed by atoms with E-state index < -0.39 is 0 Å². The molecule has 0 aliphatic rings. The first-order chi connectivity index (χ1) is 11.6. The van der Waals surface area contributed by atoms with Crippen LogP contribution in [0.2, 0.25) is 5.02 Å². The molecule has 0 spiro atoms. The summed E-state index contributed by atoms with van der Waals surface area (Å²) < 4.78 is 18.0. The molecule has 0 atom stereocenters. The van der Waals surface area contributed by atoms with Gasteiger partial charge < -0.3 is 9.84 Å². The minimum atomic E-state index is -0.353. The highest BCUT2D eigenvalue weighted by atomic mass is 35.5. The molecule has 0 saturated heterocycles. The van der Waals surface area contributed by atoms with E-state index in [1.54, 1.807) is 24.3 Å². The summed E-state index contributed by atoms with van der Waals surface area (Å²) in [6.07, 6.45) is 0.493. The molecule has 0 aliphatic heterocycles. The van der Waals surface area contributed by atoms with Crippen molar-refractivity contribution >= 4 is 23.2 Å². The lowest BCUT2D eigenvalue weighted by molar-refractivity contribution is -0.116. The van der Waals surface area contributed by atoms with Crippen molar-refractivity contribution in [3.63, 3.8) is 0 Å². The number of rotatable bonds is 5. The molecule has 1 heterocycles. The normalized spacial score (nSPS) is 10.6. The Labute approximate surface area is 142 Å². The predicted molar refractivity (Wildman–Crippen MR) is 88.1 cm³/mol. The van der Waals surface area contributed by atoms with Crippen molar-refractivity contribution in [2.45, 2.75) is 12.8 Å². The van der Waals surface area contributed by atoms with Crippen LogP contribution >= 0.6 is 11.6 Å². The van der Waals surface area contributed by atoms with Crippen LogP contribution in [0.15, 0.2) is 53.1 Å². The summed E-state index contributed by atoms with van der Waals surface area (Å²) >= 11 is 5.83. The second-order valence-electron chi connectivity index (χ2n) is 5.07. The van der Waals surface area contributed by atoms with Gasteiger partial charge in [0.1, 0.15) is 5.82 Å². The molecule has 1 N–H and O–H groups in total. The first-order valence-electron chi connectivity index (χ1n) is 7.24. The Bertz CT molecular complexity index is 832. The second kappa shape index (κ2) is 7.23. The number of aromatic nitrogens is 2. The van der Waals surface area contributed by atoms with Crippen molar-refractivity contribution in [1.82, 2.24) is 10.1 Å². The zero-order chi connectivity index (χ0) is 16.9. The van der Waals surface area contributed by atoms with Gasteiger partial charge in [-0.3, -0.25) is 4.79 Å². The molecule has 0 saturated carbocycles. The van der Waals surface area contributed by atoms with Crippen molar-refractivity contribution in [3.05, 3.63) is 65.3 Å². The standard InChI is InChI=1S/C17H13ClFN3O2/c18-12-3-1-11(2-4-12)17-21-16(24-22-17)10-9-15(23)20-14-7-5-13(19)6-8-14/h1-8H,9-10H2,(H,20,23). The summed E-state index contributed by atoms with van der Waals surface area (Å²) in [7, 11) is 0. The molecule has 5 nitrogen and oxygen atoms in total. The monoisotopic (exact) mass is 345 g/mol. The number of carbonyl (C=O) groups excluding carboxylic acids is 1. The molecule has 0 fully saturated rings. The van der Waals surface area contributed by atoms with E-state index in [0.29, 0.717) is 28.8 Å². The van der Waals surface area contributed by atoms with Gasteiger partial charge in [0.05, 0.1) is 0 Å². The number of nitrogens with zero attached hydrogens (tertiary/aromatic N) is 2. The van der Waals surface area contributed by atoms with Crippen LogP contribution in [-0.2, 0) is 11.2 Å². The molecule has 1 amide bonds. The number of halogens is 2. The fraction of sp³-hybridized carbons (Fsp3) is 0.118. The van der Waals surface area contributed by atoms with Crippen molar-refractivity contribution < 1.29 is 13.7 Å². The zero-order valence-electron chi connectivity index (χ0n) is 12.5. The molecule has 0 aliphatic carbocycles. The van der Waals surface area contributed by atoms with Gasteiger partial charge in [-0.1, -0.05) is 16.8 Å². The third kappa shape index (κ3) is 4.17. The number of anilines is 1. The molecule has 3 aromatic rings. The molecule has 2 aromatic carbocycles. The van der Waals surface area contributed by atoms with Gasteiger partial charge in [-0.25, -0.2) is 4.39 Å². The lowest BCUT2D eigenvalue weighted by atomic mass is 10.2. The summed E-state index contributed by atoms with van der Waals surface area (Å²) in [4.78, 5) is 16.1. The van der Waals surface area contributed by atoms with Crippen LogP contribution in [0, 0.1) is 5.82 Å². The SMILES string of the molecule is O=C(CCc1nc(-c2ccc(Cl)cc2)no1)Nc1ccc(F)cc1. The first kappa shape index (κ1) is 16.1. The summed E-state index contributed by atoms with van der Waals surface area (Å²) in [5.74, 6) is 0.247. The fourth-order valence-electron chi connectivity index (χ4n) is 2.05. The number of carbonyl (C=O) groups is 1. The van der Waals surface area contributed by atoms with Crippen LogP contribution < -0.4 is 5.32 Å². The van der Waals surface area contributed by atoms with Gasteiger partial charge in [-0.15, -0.1) is 0 Å². The molecule has 0 unspecified atom stereocenters. The maximum Gasteiger partial charge on any atom is 0.227 e. The van der Waals surface area contributed by atoms with Crippen LogP contribution in [0.25, 0.3) is 11.4 Å². The lowest BCUT2D eigenvalue weighted by Crippen LogP contribution is -2.12. The van der Waals surface area contributed by atoms with E-state index in [-0.39, 0.29) is 18.1 Å². The topological polar surface area (TPSA) is 68.0 Å². The van der Waals surface area contributed by atoms with Crippen LogP contribution in [0.1, 0.15) is 12.3 Å². The van der Waals surface area contributed by atoms with Crippen molar-refractivity contribution in [2.75, 3.05) is 5.32 Å².